The summed E-state index contributed by atoms with van der Waals surface area (Å²) in [5, 5.41) is 2.39. The van der Waals surface area contributed by atoms with Crippen molar-refractivity contribution in [2.75, 3.05) is 44.2 Å². The van der Waals surface area contributed by atoms with Crippen molar-refractivity contribution in [3.8, 4) is 16.9 Å². The van der Waals surface area contributed by atoms with Gasteiger partial charge in [-0.1, -0.05) is 19.1 Å². The van der Waals surface area contributed by atoms with Gasteiger partial charge in [-0.05, 0) is 100 Å². The van der Waals surface area contributed by atoms with Crippen molar-refractivity contribution in [1.82, 2.24) is 24.3 Å². The molecule has 6 heterocycles. The van der Waals surface area contributed by atoms with Crippen molar-refractivity contribution in [1.29, 1.82) is 0 Å². The van der Waals surface area contributed by atoms with Crippen LogP contribution in [-0.4, -0.2) is 99.5 Å². The average Bonchev–Trinajstić information content (AvgIpc) is 3.64. The first-order valence-corrected chi connectivity index (χ1v) is 20.3. The lowest BCUT2D eigenvalue weighted by Crippen LogP contribution is -2.54. The van der Waals surface area contributed by atoms with Crippen LogP contribution in [-0.2, 0) is 16.6 Å². The minimum Gasteiger partial charge on any atom is -0.494 e. The number of likely N-dealkylation sites (tertiary alicyclic amines) is 1. The molecular weight excluding hydrogens is 705 g/mol. The monoisotopic (exact) mass is 756 g/mol. The first-order chi connectivity index (χ1) is 27.3. The molecule has 0 bridgehead atoms. The standard InChI is InChI=1S/C45H52N6O5/c1-4-33(52)11-8-30(2)51-44(53)38-14-12-35(25-39(38)45(51)54)55-23-7-5-6-20-49-21-17-34(18-22-49)56-36-28-50(29-36)43-15-10-32(26-47-43)31-9-13-37-40-27-46-19-16-41(40)48(3)42(37)24-31/h9-10,12-16,19,24-27,30,34,36H,4-8,11,17-18,20-23,28-29H2,1-3H3. The predicted octanol–water partition coefficient (Wildman–Crippen LogP) is 7.45. The summed E-state index contributed by atoms with van der Waals surface area (Å²) < 4.78 is 14.7. The zero-order valence-corrected chi connectivity index (χ0v) is 32.8. The van der Waals surface area contributed by atoms with Crippen LogP contribution in [0.15, 0.2) is 73.2 Å². The Morgan fingerprint density at radius 3 is 2.45 bits per heavy atom. The van der Waals surface area contributed by atoms with Crippen LogP contribution in [0.2, 0.25) is 0 Å². The Bertz CT molecular complexity index is 2220. The van der Waals surface area contributed by atoms with Crippen molar-refractivity contribution in [2.24, 2.45) is 7.05 Å². The molecule has 56 heavy (non-hydrogen) atoms. The average molecular weight is 757 g/mol. The summed E-state index contributed by atoms with van der Waals surface area (Å²) in [5.41, 5.74) is 5.43. The number of unbranched alkanes of at least 4 members (excludes halogenated alkanes) is 2. The second-order valence-corrected chi connectivity index (χ2v) is 15.7. The third-order valence-electron chi connectivity index (χ3n) is 11.9. The molecule has 2 amide bonds. The lowest BCUT2D eigenvalue weighted by Gasteiger charge is -2.43. The van der Waals surface area contributed by atoms with Crippen molar-refractivity contribution < 1.29 is 23.9 Å². The second kappa shape index (κ2) is 16.5. The van der Waals surface area contributed by atoms with Crippen molar-refractivity contribution in [3.63, 3.8) is 0 Å². The number of aryl methyl sites for hydroxylation is 1. The molecule has 5 aromatic rings. The van der Waals surface area contributed by atoms with E-state index < -0.39 is 0 Å². The quantitative estimate of drug-likeness (QED) is 0.0749. The Balaban J connectivity index is 0.708. The molecule has 8 rings (SSSR count). The number of hydrogen-bond acceptors (Lipinski definition) is 9. The third-order valence-corrected chi connectivity index (χ3v) is 11.9. The highest BCUT2D eigenvalue weighted by molar-refractivity contribution is 6.21. The molecule has 3 aliphatic heterocycles. The summed E-state index contributed by atoms with van der Waals surface area (Å²) in [6, 6.07) is 17.8. The number of rotatable bonds is 16. The number of hydrogen-bond donors (Lipinski definition) is 0. The Morgan fingerprint density at radius 1 is 0.857 bits per heavy atom. The smallest absolute Gasteiger partial charge is 0.261 e. The van der Waals surface area contributed by atoms with E-state index in [2.05, 4.69) is 62.8 Å². The maximum Gasteiger partial charge on any atom is 0.261 e. The number of anilines is 1. The first-order valence-electron chi connectivity index (χ1n) is 20.3. The SMILES string of the molecule is CCC(=O)CCC(C)N1C(=O)c2ccc(OCCCCCN3CCC(OC4CN(c5ccc(-c6ccc7c8cnccc8n(C)c7c6)cn5)C4)CC3)cc2C1=O. The van der Waals surface area contributed by atoms with Gasteiger partial charge >= 0.3 is 0 Å². The van der Waals surface area contributed by atoms with E-state index in [1.54, 1.807) is 18.2 Å². The van der Waals surface area contributed by atoms with Gasteiger partial charge in [-0.2, -0.15) is 0 Å². The second-order valence-electron chi connectivity index (χ2n) is 15.7. The van der Waals surface area contributed by atoms with Gasteiger partial charge in [0.25, 0.3) is 11.8 Å². The minimum absolute atomic E-state index is 0.137. The molecule has 0 radical (unpaired) electrons. The van der Waals surface area contributed by atoms with Crippen molar-refractivity contribution in [2.45, 2.75) is 83.5 Å². The number of aromatic nitrogens is 3. The zero-order valence-electron chi connectivity index (χ0n) is 32.8. The van der Waals surface area contributed by atoms with Gasteiger partial charge in [0.1, 0.15) is 17.4 Å². The number of fused-ring (bicyclic) bond motifs is 4. The van der Waals surface area contributed by atoms with Gasteiger partial charge in [0, 0.05) is 92.6 Å². The number of nitrogens with zero attached hydrogens (tertiary/aromatic N) is 6. The first kappa shape index (κ1) is 37.8. The van der Waals surface area contributed by atoms with E-state index >= 15 is 0 Å². The van der Waals surface area contributed by atoms with Gasteiger partial charge < -0.3 is 23.8 Å². The fraction of sp³-hybridized carbons (Fsp3) is 0.444. The Morgan fingerprint density at radius 2 is 1.66 bits per heavy atom. The lowest BCUT2D eigenvalue weighted by atomic mass is 10.0. The molecule has 1 atom stereocenters. The van der Waals surface area contributed by atoms with Gasteiger partial charge in [-0.3, -0.25) is 24.3 Å². The number of pyridine rings is 2. The van der Waals surface area contributed by atoms with E-state index in [1.807, 2.05) is 32.4 Å². The van der Waals surface area contributed by atoms with Crippen molar-refractivity contribution in [3.05, 3.63) is 84.3 Å². The van der Waals surface area contributed by atoms with Gasteiger partial charge in [0.05, 0.1) is 35.5 Å². The molecule has 0 aliphatic carbocycles. The molecule has 2 saturated heterocycles. The molecule has 11 heteroatoms. The minimum atomic E-state index is -0.328. The summed E-state index contributed by atoms with van der Waals surface area (Å²) >= 11 is 0. The summed E-state index contributed by atoms with van der Waals surface area (Å²) in [6.45, 7) is 9.18. The number of benzene rings is 2. The van der Waals surface area contributed by atoms with Gasteiger partial charge in [-0.25, -0.2) is 4.98 Å². The highest BCUT2D eigenvalue weighted by Gasteiger charge is 2.39. The maximum atomic E-state index is 13.1. The van der Waals surface area contributed by atoms with E-state index in [4.69, 9.17) is 14.5 Å². The van der Waals surface area contributed by atoms with Crippen LogP contribution >= 0.6 is 0 Å². The number of carbonyl (C=O) groups is 3. The van der Waals surface area contributed by atoms with Gasteiger partial charge in [-0.15, -0.1) is 0 Å². The number of ketones is 1. The van der Waals surface area contributed by atoms with Crippen LogP contribution in [0.5, 0.6) is 5.75 Å². The molecular formula is C45H52N6O5. The number of piperidine rings is 1. The Labute approximate surface area is 328 Å². The molecule has 292 valence electrons. The van der Waals surface area contributed by atoms with E-state index in [0.29, 0.717) is 48.8 Å². The highest BCUT2D eigenvalue weighted by atomic mass is 16.5. The zero-order chi connectivity index (χ0) is 38.8. The molecule has 0 spiro atoms. The summed E-state index contributed by atoms with van der Waals surface area (Å²) in [5.74, 6) is 1.15. The predicted molar refractivity (Wildman–Crippen MR) is 218 cm³/mol. The molecule has 2 fully saturated rings. The molecule has 1 unspecified atom stereocenters. The Hall–Kier alpha value is -5.13. The van der Waals surface area contributed by atoms with Gasteiger partial charge in [0.2, 0.25) is 0 Å². The molecule has 2 aromatic carbocycles. The van der Waals surface area contributed by atoms with Crippen LogP contribution in [0.3, 0.4) is 0 Å². The molecule has 3 aromatic heterocycles. The molecule has 11 nitrogen and oxygen atoms in total. The highest BCUT2D eigenvalue weighted by Crippen LogP contribution is 2.33. The van der Waals surface area contributed by atoms with E-state index in [-0.39, 0.29) is 29.7 Å². The van der Waals surface area contributed by atoms with Crippen LogP contribution in [0.25, 0.3) is 32.9 Å². The summed E-state index contributed by atoms with van der Waals surface area (Å²) in [6.07, 6.45) is 12.9. The summed E-state index contributed by atoms with van der Waals surface area (Å²) in [4.78, 5) is 53.0. The Kier molecular flexibility index (Phi) is 11.2. The van der Waals surface area contributed by atoms with Crippen LogP contribution in [0.4, 0.5) is 5.82 Å². The number of Topliss-reactive ketones (excluding diaryl/α,β-unsaturated/α-hetero) is 1. The van der Waals surface area contributed by atoms with E-state index in [9.17, 15) is 14.4 Å². The molecule has 0 saturated carbocycles. The fourth-order valence-electron chi connectivity index (χ4n) is 8.44. The van der Waals surface area contributed by atoms with Crippen molar-refractivity contribution >= 4 is 45.2 Å². The summed E-state index contributed by atoms with van der Waals surface area (Å²) in [7, 11) is 2.11. The van der Waals surface area contributed by atoms with E-state index in [0.717, 1.165) is 81.8 Å². The largest absolute Gasteiger partial charge is 0.494 e. The topological polar surface area (TPSA) is 110 Å². The number of carbonyl (C=O) groups excluding carboxylic acids is 3. The number of imide groups is 1. The van der Waals surface area contributed by atoms with Crippen LogP contribution in [0.1, 0.15) is 85.9 Å². The van der Waals surface area contributed by atoms with Gasteiger partial charge in [0.15, 0.2) is 0 Å². The third kappa shape index (κ3) is 7.79. The molecule has 3 aliphatic rings. The number of amides is 2. The van der Waals surface area contributed by atoms with E-state index in [1.165, 1.54) is 26.7 Å². The molecule has 0 N–H and O–H groups in total. The fourth-order valence-corrected chi connectivity index (χ4v) is 8.44. The maximum absolute atomic E-state index is 13.1. The normalized spacial score (nSPS) is 17.2. The number of ether oxygens (including phenoxy) is 2. The lowest BCUT2D eigenvalue weighted by molar-refractivity contribution is -0.119. The van der Waals surface area contributed by atoms with Crippen LogP contribution in [0, 0.1) is 0 Å². The van der Waals surface area contributed by atoms with Crippen LogP contribution < -0.4 is 9.64 Å².